The minimum Gasteiger partial charge on any atom is -0.368 e. The molecule has 0 saturated carbocycles. The van der Waals surface area contributed by atoms with Crippen LogP contribution in [0.4, 0.5) is 11.6 Å². The van der Waals surface area contributed by atoms with E-state index in [4.69, 9.17) is 0 Å². The lowest BCUT2D eigenvalue weighted by Crippen LogP contribution is -2.36. The zero-order valence-corrected chi connectivity index (χ0v) is 13.0. The maximum Gasteiger partial charge on any atom is 0.152 e. The van der Waals surface area contributed by atoms with E-state index in [2.05, 4.69) is 20.2 Å². The molecular formula is C13H22N4O2S. The van der Waals surface area contributed by atoms with E-state index in [0.717, 1.165) is 18.2 Å². The summed E-state index contributed by atoms with van der Waals surface area (Å²) in [6.45, 7) is 6.84. The number of anilines is 2. The van der Waals surface area contributed by atoms with Gasteiger partial charge < -0.3 is 10.2 Å². The highest BCUT2D eigenvalue weighted by atomic mass is 32.2. The fourth-order valence-corrected chi connectivity index (χ4v) is 4.24. The number of aromatic nitrogens is 2. The second kappa shape index (κ2) is 5.95. The normalized spacial score (nSPS) is 21.1. The van der Waals surface area contributed by atoms with Gasteiger partial charge in [-0.05, 0) is 27.2 Å². The van der Waals surface area contributed by atoms with Crippen LogP contribution in [0.25, 0.3) is 0 Å². The van der Waals surface area contributed by atoms with Crippen LogP contribution in [-0.4, -0.2) is 48.5 Å². The van der Waals surface area contributed by atoms with Crippen molar-refractivity contribution >= 4 is 21.5 Å². The topological polar surface area (TPSA) is 75.2 Å². The Kier molecular flexibility index (Phi) is 4.47. The Labute approximate surface area is 120 Å². The SMILES string of the molecule is CCN(c1cc(NC(C)C)ncn1)C1CCS(=O)(=O)C1. The molecule has 0 aliphatic carbocycles. The van der Waals surface area contributed by atoms with Crippen molar-refractivity contribution in [3.05, 3.63) is 12.4 Å². The summed E-state index contributed by atoms with van der Waals surface area (Å²) >= 11 is 0. The van der Waals surface area contributed by atoms with Crippen molar-refractivity contribution in [3.63, 3.8) is 0 Å². The summed E-state index contributed by atoms with van der Waals surface area (Å²) in [4.78, 5) is 10.5. The van der Waals surface area contributed by atoms with Gasteiger partial charge in [-0.2, -0.15) is 0 Å². The molecule has 2 rings (SSSR count). The van der Waals surface area contributed by atoms with Crippen LogP contribution in [0.15, 0.2) is 12.4 Å². The molecule has 0 aromatic carbocycles. The van der Waals surface area contributed by atoms with Gasteiger partial charge in [-0.25, -0.2) is 18.4 Å². The summed E-state index contributed by atoms with van der Waals surface area (Å²) < 4.78 is 23.3. The molecule has 1 atom stereocenters. The molecule has 0 spiro atoms. The molecule has 0 bridgehead atoms. The quantitative estimate of drug-likeness (QED) is 0.883. The van der Waals surface area contributed by atoms with Crippen molar-refractivity contribution < 1.29 is 8.42 Å². The predicted octanol–water partition coefficient (Wildman–Crippen LogP) is 1.31. The van der Waals surface area contributed by atoms with E-state index in [0.29, 0.717) is 12.5 Å². The molecule has 112 valence electrons. The van der Waals surface area contributed by atoms with Crippen LogP contribution in [0.5, 0.6) is 0 Å². The van der Waals surface area contributed by atoms with E-state index in [1.54, 1.807) is 0 Å². The second-order valence-electron chi connectivity index (χ2n) is 5.40. The van der Waals surface area contributed by atoms with Gasteiger partial charge in [0.15, 0.2) is 9.84 Å². The van der Waals surface area contributed by atoms with Gasteiger partial charge in [0, 0.05) is 24.7 Å². The first-order valence-corrected chi connectivity index (χ1v) is 8.79. The van der Waals surface area contributed by atoms with Gasteiger partial charge in [-0.3, -0.25) is 0 Å². The summed E-state index contributed by atoms with van der Waals surface area (Å²) in [6.07, 6.45) is 2.19. The molecule has 6 nitrogen and oxygen atoms in total. The van der Waals surface area contributed by atoms with E-state index in [9.17, 15) is 8.42 Å². The molecule has 20 heavy (non-hydrogen) atoms. The molecule has 1 unspecified atom stereocenters. The molecule has 1 aromatic rings. The highest BCUT2D eigenvalue weighted by Crippen LogP contribution is 2.23. The maximum atomic E-state index is 11.6. The summed E-state index contributed by atoms with van der Waals surface area (Å²) in [5.74, 6) is 2.05. The number of nitrogens with zero attached hydrogens (tertiary/aromatic N) is 3. The van der Waals surface area contributed by atoms with Gasteiger partial charge in [0.05, 0.1) is 11.5 Å². The van der Waals surface area contributed by atoms with Gasteiger partial charge in [0.1, 0.15) is 18.0 Å². The first-order chi connectivity index (χ1) is 9.41. The zero-order chi connectivity index (χ0) is 14.8. The smallest absolute Gasteiger partial charge is 0.152 e. The van der Waals surface area contributed by atoms with Gasteiger partial charge in [0.25, 0.3) is 0 Å². The van der Waals surface area contributed by atoms with Crippen LogP contribution in [-0.2, 0) is 9.84 Å². The number of nitrogens with one attached hydrogen (secondary N) is 1. The van der Waals surface area contributed by atoms with Crippen molar-refractivity contribution in [2.75, 3.05) is 28.3 Å². The third-order valence-corrected chi connectivity index (χ3v) is 5.12. The Morgan fingerprint density at radius 3 is 2.75 bits per heavy atom. The van der Waals surface area contributed by atoms with Gasteiger partial charge in [-0.1, -0.05) is 0 Å². The summed E-state index contributed by atoms with van der Waals surface area (Å²) in [7, 11) is -2.89. The number of rotatable bonds is 5. The molecule has 1 aromatic heterocycles. The third kappa shape index (κ3) is 3.59. The second-order valence-corrected chi connectivity index (χ2v) is 7.63. The number of hydrogen-bond acceptors (Lipinski definition) is 6. The predicted molar refractivity (Wildman–Crippen MR) is 80.9 cm³/mol. The summed E-state index contributed by atoms with van der Waals surface area (Å²) in [6, 6.07) is 2.19. The fraction of sp³-hybridized carbons (Fsp3) is 0.692. The van der Waals surface area contributed by atoms with Gasteiger partial charge in [-0.15, -0.1) is 0 Å². The van der Waals surface area contributed by atoms with Crippen LogP contribution in [0.3, 0.4) is 0 Å². The Bertz CT molecular complexity index is 559. The molecule has 1 aliphatic rings. The lowest BCUT2D eigenvalue weighted by atomic mass is 10.2. The van der Waals surface area contributed by atoms with E-state index in [1.165, 1.54) is 6.33 Å². The Balaban J connectivity index is 2.19. The van der Waals surface area contributed by atoms with E-state index >= 15 is 0 Å². The minimum absolute atomic E-state index is 0.0202. The van der Waals surface area contributed by atoms with Crippen LogP contribution >= 0.6 is 0 Å². The molecule has 1 N–H and O–H groups in total. The Hall–Kier alpha value is -1.37. The molecule has 1 fully saturated rings. The highest BCUT2D eigenvalue weighted by molar-refractivity contribution is 7.91. The first-order valence-electron chi connectivity index (χ1n) is 6.97. The third-order valence-electron chi connectivity index (χ3n) is 3.37. The first kappa shape index (κ1) is 15.0. The van der Waals surface area contributed by atoms with E-state index in [1.807, 2.05) is 26.8 Å². The van der Waals surface area contributed by atoms with Crippen LogP contribution < -0.4 is 10.2 Å². The van der Waals surface area contributed by atoms with Crippen LogP contribution in [0.2, 0.25) is 0 Å². The van der Waals surface area contributed by atoms with Crippen molar-refractivity contribution in [3.8, 4) is 0 Å². The van der Waals surface area contributed by atoms with Crippen molar-refractivity contribution in [1.82, 2.24) is 9.97 Å². The highest BCUT2D eigenvalue weighted by Gasteiger charge is 2.32. The summed E-state index contributed by atoms with van der Waals surface area (Å²) in [5, 5.41) is 3.23. The fourth-order valence-electron chi connectivity index (χ4n) is 2.51. The number of hydrogen-bond donors (Lipinski definition) is 1. The van der Waals surface area contributed by atoms with Crippen molar-refractivity contribution in [2.45, 2.75) is 39.3 Å². The minimum atomic E-state index is -2.89. The Morgan fingerprint density at radius 2 is 2.20 bits per heavy atom. The Morgan fingerprint density at radius 1 is 1.45 bits per heavy atom. The molecule has 1 saturated heterocycles. The lowest BCUT2D eigenvalue weighted by Gasteiger charge is -2.28. The largest absolute Gasteiger partial charge is 0.368 e. The average molecular weight is 298 g/mol. The molecule has 2 heterocycles. The maximum absolute atomic E-state index is 11.6. The zero-order valence-electron chi connectivity index (χ0n) is 12.2. The van der Waals surface area contributed by atoms with Gasteiger partial charge >= 0.3 is 0 Å². The van der Waals surface area contributed by atoms with Crippen LogP contribution in [0, 0.1) is 0 Å². The van der Waals surface area contributed by atoms with Crippen molar-refractivity contribution in [2.24, 2.45) is 0 Å². The average Bonchev–Trinajstić information content (AvgIpc) is 2.70. The van der Waals surface area contributed by atoms with E-state index < -0.39 is 9.84 Å². The standard InChI is InChI=1S/C13H22N4O2S/c1-4-17(11-5-6-20(18,19)8-11)13-7-12(14-9-15-13)16-10(2)3/h7,9-11H,4-6,8H2,1-3H3,(H,14,15,16). The van der Waals surface area contributed by atoms with Crippen LogP contribution in [0.1, 0.15) is 27.2 Å². The molecule has 0 radical (unpaired) electrons. The van der Waals surface area contributed by atoms with E-state index in [-0.39, 0.29) is 17.5 Å². The van der Waals surface area contributed by atoms with Crippen molar-refractivity contribution in [1.29, 1.82) is 0 Å². The summed E-state index contributed by atoms with van der Waals surface area (Å²) in [5.41, 5.74) is 0. The molecular weight excluding hydrogens is 276 g/mol. The molecule has 1 aliphatic heterocycles. The molecule has 0 amide bonds. The number of sulfone groups is 1. The monoisotopic (exact) mass is 298 g/mol. The van der Waals surface area contributed by atoms with Gasteiger partial charge in [0.2, 0.25) is 0 Å². The molecule has 7 heteroatoms. The lowest BCUT2D eigenvalue weighted by molar-refractivity contribution is 0.599.